The van der Waals surface area contributed by atoms with Gasteiger partial charge in [0.1, 0.15) is 4.88 Å². The lowest BCUT2D eigenvalue weighted by atomic mass is 10.1. The summed E-state index contributed by atoms with van der Waals surface area (Å²) in [5.41, 5.74) is 1.47. The van der Waals surface area contributed by atoms with Crippen molar-refractivity contribution in [1.29, 1.82) is 0 Å². The van der Waals surface area contributed by atoms with E-state index in [1.807, 2.05) is 0 Å². The highest BCUT2D eigenvalue weighted by Crippen LogP contribution is 2.31. The summed E-state index contributed by atoms with van der Waals surface area (Å²) < 4.78 is 0. The van der Waals surface area contributed by atoms with Crippen molar-refractivity contribution in [3.05, 3.63) is 32.6 Å². The highest BCUT2D eigenvalue weighted by atomic mass is 32.1. The molecule has 0 atom stereocenters. The van der Waals surface area contributed by atoms with Gasteiger partial charge in [0.15, 0.2) is 6.29 Å². The molecule has 1 N–H and O–H groups in total. The SMILES string of the molecule is O=Cc1cc(-c2ccsc2C(=O)O)cs1. The molecule has 0 aromatic carbocycles. The minimum atomic E-state index is -0.932. The van der Waals surface area contributed by atoms with Crippen molar-refractivity contribution in [2.75, 3.05) is 0 Å². The summed E-state index contributed by atoms with van der Waals surface area (Å²) in [5, 5.41) is 12.4. The van der Waals surface area contributed by atoms with Crippen LogP contribution in [0, 0.1) is 0 Å². The van der Waals surface area contributed by atoms with E-state index in [-0.39, 0.29) is 0 Å². The van der Waals surface area contributed by atoms with Crippen LogP contribution in [0.3, 0.4) is 0 Å². The molecule has 0 saturated heterocycles. The van der Waals surface area contributed by atoms with Gasteiger partial charge < -0.3 is 5.11 Å². The Labute approximate surface area is 93.6 Å². The lowest BCUT2D eigenvalue weighted by Gasteiger charge is -1.94. The van der Waals surface area contributed by atoms with Gasteiger partial charge in [-0.15, -0.1) is 22.7 Å². The predicted molar refractivity (Wildman–Crippen MR) is 60.0 cm³/mol. The van der Waals surface area contributed by atoms with Crippen LogP contribution in [0.15, 0.2) is 22.9 Å². The Morgan fingerprint density at radius 3 is 2.80 bits per heavy atom. The molecular formula is C10H6O3S2. The molecule has 0 bridgehead atoms. The third-order valence-corrected chi connectivity index (χ3v) is 3.67. The topological polar surface area (TPSA) is 54.4 Å². The molecule has 76 valence electrons. The number of carboxylic acids is 1. The summed E-state index contributed by atoms with van der Waals surface area (Å²) in [6.07, 6.45) is 0.765. The first kappa shape index (κ1) is 10.1. The molecule has 0 fully saturated rings. The van der Waals surface area contributed by atoms with Crippen molar-refractivity contribution in [2.24, 2.45) is 0 Å². The zero-order valence-electron chi connectivity index (χ0n) is 7.47. The number of carbonyl (C=O) groups is 2. The van der Waals surface area contributed by atoms with Gasteiger partial charge in [-0.25, -0.2) is 4.79 Å². The summed E-state index contributed by atoms with van der Waals surface area (Å²) in [7, 11) is 0. The highest BCUT2D eigenvalue weighted by Gasteiger charge is 2.14. The summed E-state index contributed by atoms with van der Waals surface area (Å²) in [5.74, 6) is -0.932. The molecule has 0 aliphatic rings. The first-order valence-electron chi connectivity index (χ1n) is 4.07. The molecule has 0 unspecified atom stereocenters. The normalized spacial score (nSPS) is 10.1. The molecule has 0 radical (unpaired) electrons. The number of aldehydes is 1. The van der Waals surface area contributed by atoms with Gasteiger partial charge in [0.2, 0.25) is 0 Å². The minimum absolute atomic E-state index is 0.310. The second-order valence-corrected chi connectivity index (χ2v) is 4.68. The molecular weight excluding hydrogens is 232 g/mol. The van der Waals surface area contributed by atoms with Gasteiger partial charge in [-0.2, -0.15) is 0 Å². The molecule has 5 heteroatoms. The van der Waals surface area contributed by atoms with Gasteiger partial charge >= 0.3 is 5.97 Å². The monoisotopic (exact) mass is 238 g/mol. The van der Waals surface area contributed by atoms with Crippen molar-refractivity contribution in [3.8, 4) is 11.1 Å². The van der Waals surface area contributed by atoms with Gasteiger partial charge in [-0.05, 0) is 28.5 Å². The van der Waals surface area contributed by atoms with Crippen LogP contribution in [0.4, 0.5) is 0 Å². The Kier molecular flexibility index (Phi) is 2.66. The Bertz CT molecular complexity index is 510. The van der Waals surface area contributed by atoms with E-state index in [4.69, 9.17) is 5.11 Å². The standard InChI is InChI=1S/C10H6O3S2/c11-4-7-3-6(5-15-7)8-1-2-14-9(8)10(12)13/h1-5H,(H,12,13). The van der Waals surface area contributed by atoms with Crippen LogP contribution < -0.4 is 0 Å². The Hall–Kier alpha value is -1.46. The van der Waals surface area contributed by atoms with E-state index in [2.05, 4.69) is 0 Å². The van der Waals surface area contributed by atoms with Crippen LogP contribution >= 0.6 is 22.7 Å². The number of hydrogen-bond acceptors (Lipinski definition) is 4. The number of thiophene rings is 2. The third kappa shape index (κ3) is 1.84. The van der Waals surface area contributed by atoms with Crippen molar-refractivity contribution in [2.45, 2.75) is 0 Å². The molecule has 2 aromatic heterocycles. The summed E-state index contributed by atoms with van der Waals surface area (Å²) in [6.45, 7) is 0. The second-order valence-electron chi connectivity index (χ2n) is 2.82. The summed E-state index contributed by atoms with van der Waals surface area (Å²) in [4.78, 5) is 22.3. The van der Waals surface area contributed by atoms with Crippen molar-refractivity contribution in [3.63, 3.8) is 0 Å². The lowest BCUT2D eigenvalue weighted by molar-refractivity contribution is 0.0703. The van der Waals surface area contributed by atoms with E-state index in [0.717, 1.165) is 11.8 Å². The molecule has 2 aromatic rings. The maximum absolute atomic E-state index is 10.9. The van der Waals surface area contributed by atoms with E-state index < -0.39 is 5.97 Å². The fourth-order valence-electron chi connectivity index (χ4n) is 1.26. The Morgan fingerprint density at radius 1 is 1.40 bits per heavy atom. The van der Waals surface area contributed by atoms with E-state index in [1.165, 1.54) is 22.7 Å². The van der Waals surface area contributed by atoms with Crippen LogP contribution in [0.2, 0.25) is 0 Å². The lowest BCUT2D eigenvalue weighted by Crippen LogP contribution is -1.93. The molecule has 2 heterocycles. The first-order valence-corrected chi connectivity index (χ1v) is 5.83. The van der Waals surface area contributed by atoms with E-state index in [1.54, 1.807) is 22.9 Å². The molecule has 2 rings (SSSR count). The predicted octanol–water partition coefficient (Wildman–Crippen LogP) is 2.99. The highest BCUT2D eigenvalue weighted by molar-refractivity contribution is 7.13. The second kappa shape index (κ2) is 3.96. The molecule has 0 amide bonds. The number of rotatable bonds is 3. The molecule has 0 aliphatic heterocycles. The fraction of sp³-hybridized carbons (Fsp3) is 0. The third-order valence-electron chi connectivity index (χ3n) is 1.91. The van der Waals surface area contributed by atoms with E-state index >= 15 is 0 Å². The van der Waals surface area contributed by atoms with Crippen LogP contribution in [-0.4, -0.2) is 17.4 Å². The molecule has 0 aliphatic carbocycles. The van der Waals surface area contributed by atoms with Crippen LogP contribution in [0.1, 0.15) is 19.3 Å². The quantitative estimate of drug-likeness (QED) is 0.836. The first-order chi connectivity index (χ1) is 7.22. The van der Waals surface area contributed by atoms with Gasteiger partial charge in [0, 0.05) is 5.56 Å². The van der Waals surface area contributed by atoms with Crippen molar-refractivity contribution >= 4 is 34.9 Å². The van der Waals surface area contributed by atoms with Crippen molar-refractivity contribution < 1.29 is 14.7 Å². The van der Waals surface area contributed by atoms with E-state index in [0.29, 0.717) is 15.3 Å². The maximum atomic E-state index is 10.9. The molecule has 0 saturated carbocycles. The van der Waals surface area contributed by atoms with Crippen LogP contribution in [0.25, 0.3) is 11.1 Å². The van der Waals surface area contributed by atoms with E-state index in [9.17, 15) is 9.59 Å². The fourth-order valence-corrected chi connectivity index (χ4v) is 2.72. The molecule has 0 spiro atoms. The number of hydrogen-bond donors (Lipinski definition) is 1. The average molecular weight is 238 g/mol. The molecule has 15 heavy (non-hydrogen) atoms. The number of carboxylic acid groups (broad SMARTS) is 1. The van der Waals surface area contributed by atoms with Gasteiger partial charge in [-0.3, -0.25) is 4.79 Å². The largest absolute Gasteiger partial charge is 0.477 e. The number of carbonyl (C=O) groups excluding carboxylic acids is 1. The maximum Gasteiger partial charge on any atom is 0.346 e. The minimum Gasteiger partial charge on any atom is -0.477 e. The van der Waals surface area contributed by atoms with Gasteiger partial charge in [0.25, 0.3) is 0 Å². The molecule has 3 nitrogen and oxygen atoms in total. The zero-order valence-corrected chi connectivity index (χ0v) is 9.10. The van der Waals surface area contributed by atoms with Crippen LogP contribution in [-0.2, 0) is 0 Å². The smallest absolute Gasteiger partial charge is 0.346 e. The Morgan fingerprint density at radius 2 is 2.20 bits per heavy atom. The van der Waals surface area contributed by atoms with Gasteiger partial charge in [0.05, 0.1) is 4.88 Å². The van der Waals surface area contributed by atoms with Crippen molar-refractivity contribution in [1.82, 2.24) is 0 Å². The average Bonchev–Trinajstić information content (AvgIpc) is 2.85. The zero-order chi connectivity index (χ0) is 10.8. The van der Waals surface area contributed by atoms with Crippen LogP contribution in [0.5, 0.6) is 0 Å². The summed E-state index contributed by atoms with van der Waals surface area (Å²) >= 11 is 2.50. The summed E-state index contributed by atoms with van der Waals surface area (Å²) in [6, 6.07) is 3.46. The number of aromatic carboxylic acids is 1. The van der Waals surface area contributed by atoms with Gasteiger partial charge in [-0.1, -0.05) is 0 Å². The Balaban J connectivity index is 2.48.